The summed E-state index contributed by atoms with van der Waals surface area (Å²) in [5, 5.41) is 6.00. The Labute approximate surface area is 132 Å². The van der Waals surface area contributed by atoms with Crippen molar-refractivity contribution in [1.29, 1.82) is 0 Å². The summed E-state index contributed by atoms with van der Waals surface area (Å²) in [6, 6.07) is 13.9. The van der Waals surface area contributed by atoms with Crippen molar-refractivity contribution in [3.63, 3.8) is 0 Å². The van der Waals surface area contributed by atoms with Gasteiger partial charge in [-0.25, -0.2) is 0 Å². The van der Waals surface area contributed by atoms with Gasteiger partial charge >= 0.3 is 0 Å². The second-order valence-electron chi connectivity index (χ2n) is 6.46. The van der Waals surface area contributed by atoms with Gasteiger partial charge in [0.1, 0.15) is 0 Å². The molecule has 21 heavy (non-hydrogen) atoms. The second kappa shape index (κ2) is 6.65. The molecular weight excluding hydrogens is 274 g/mol. The van der Waals surface area contributed by atoms with E-state index in [1.807, 2.05) is 11.3 Å². The molecule has 1 nitrogen and oxygen atoms in total. The zero-order valence-electron chi connectivity index (χ0n) is 13.0. The minimum atomic E-state index is 0.484. The Morgan fingerprint density at radius 1 is 1.05 bits per heavy atom. The first-order valence-electron chi connectivity index (χ1n) is 8.14. The van der Waals surface area contributed by atoms with E-state index >= 15 is 0 Å². The van der Waals surface area contributed by atoms with Gasteiger partial charge in [0.15, 0.2) is 0 Å². The Hall–Kier alpha value is -1.28. The van der Waals surface area contributed by atoms with Crippen molar-refractivity contribution in [2.75, 3.05) is 5.32 Å². The normalized spacial score (nSPS) is 17.3. The number of thiophene rings is 1. The summed E-state index contributed by atoms with van der Waals surface area (Å²) >= 11 is 1.88. The van der Waals surface area contributed by atoms with Crippen molar-refractivity contribution < 1.29 is 0 Å². The molecule has 1 saturated carbocycles. The van der Waals surface area contributed by atoms with Crippen molar-refractivity contribution in [1.82, 2.24) is 0 Å². The second-order valence-corrected chi connectivity index (χ2v) is 7.44. The molecule has 1 heterocycles. The molecule has 1 aliphatic carbocycles. The van der Waals surface area contributed by atoms with Gasteiger partial charge in [0.05, 0.1) is 6.04 Å². The molecule has 0 radical (unpaired) electrons. The predicted molar refractivity (Wildman–Crippen MR) is 93.2 cm³/mol. The van der Waals surface area contributed by atoms with Crippen LogP contribution in [0.25, 0.3) is 0 Å². The van der Waals surface area contributed by atoms with Gasteiger partial charge in [-0.15, -0.1) is 11.3 Å². The van der Waals surface area contributed by atoms with Crippen LogP contribution in [0.3, 0.4) is 0 Å². The van der Waals surface area contributed by atoms with Gasteiger partial charge in [-0.2, -0.15) is 0 Å². The molecule has 1 aliphatic rings. The molecule has 1 fully saturated rings. The van der Waals surface area contributed by atoms with E-state index in [1.54, 1.807) is 0 Å². The third-order valence-electron chi connectivity index (χ3n) is 4.62. The summed E-state index contributed by atoms with van der Waals surface area (Å²) in [6.07, 6.45) is 5.50. The Balaban J connectivity index is 1.77. The molecule has 0 bridgehead atoms. The lowest BCUT2D eigenvalue weighted by molar-refractivity contribution is 0.475. The Morgan fingerprint density at radius 2 is 1.76 bits per heavy atom. The van der Waals surface area contributed by atoms with Crippen LogP contribution in [0.15, 0.2) is 41.8 Å². The van der Waals surface area contributed by atoms with Crippen LogP contribution in [0.2, 0.25) is 0 Å². The van der Waals surface area contributed by atoms with Crippen molar-refractivity contribution in [2.45, 2.75) is 51.5 Å². The fourth-order valence-electron chi connectivity index (χ4n) is 3.32. The molecule has 1 unspecified atom stereocenters. The van der Waals surface area contributed by atoms with E-state index in [0.29, 0.717) is 12.0 Å². The van der Waals surface area contributed by atoms with Gasteiger partial charge in [0.25, 0.3) is 0 Å². The Bertz CT molecular complexity index is 535. The minimum absolute atomic E-state index is 0.484. The Kier molecular flexibility index (Phi) is 4.64. The van der Waals surface area contributed by atoms with E-state index in [9.17, 15) is 0 Å². The zero-order chi connectivity index (χ0) is 14.7. The first kappa shape index (κ1) is 14.6. The summed E-state index contributed by atoms with van der Waals surface area (Å²) in [5.74, 6) is 1.38. The molecule has 1 aromatic carbocycles. The molecule has 2 heteroatoms. The fourth-order valence-corrected chi connectivity index (χ4v) is 4.19. The number of anilines is 1. The molecule has 3 rings (SSSR count). The monoisotopic (exact) mass is 299 g/mol. The van der Waals surface area contributed by atoms with E-state index in [4.69, 9.17) is 0 Å². The average molecular weight is 299 g/mol. The van der Waals surface area contributed by atoms with Gasteiger partial charge in [-0.3, -0.25) is 0 Å². The van der Waals surface area contributed by atoms with Crippen LogP contribution in [0.4, 0.5) is 5.69 Å². The molecule has 0 spiro atoms. The van der Waals surface area contributed by atoms with Crippen LogP contribution in [0.1, 0.15) is 61.9 Å². The Morgan fingerprint density at radius 3 is 2.33 bits per heavy atom. The van der Waals surface area contributed by atoms with Crippen LogP contribution < -0.4 is 5.32 Å². The van der Waals surface area contributed by atoms with E-state index < -0.39 is 0 Å². The first-order chi connectivity index (χ1) is 10.2. The molecule has 0 saturated heterocycles. The van der Waals surface area contributed by atoms with Gasteiger partial charge in [0, 0.05) is 10.6 Å². The predicted octanol–water partition coefficient (Wildman–Crippen LogP) is 6.21. The number of hydrogen-bond donors (Lipinski definition) is 1. The lowest BCUT2D eigenvalue weighted by atomic mass is 9.96. The smallest absolute Gasteiger partial charge is 0.0634 e. The van der Waals surface area contributed by atoms with Crippen LogP contribution in [0, 0.1) is 5.92 Å². The maximum absolute atomic E-state index is 3.80. The van der Waals surface area contributed by atoms with Crippen molar-refractivity contribution >= 4 is 17.0 Å². The lowest BCUT2D eigenvalue weighted by Gasteiger charge is -2.25. The number of nitrogens with one attached hydrogen (secondary N) is 1. The zero-order valence-corrected chi connectivity index (χ0v) is 13.8. The summed E-state index contributed by atoms with van der Waals surface area (Å²) in [6.45, 7) is 4.49. The average Bonchev–Trinajstić information content (AvgIpc) is 3.19. The quantitative estimate of drug-likeness (QED) is 0.691. The highest BCUT2D eigenvalue weighted by molar-refractivity contribution is 7.10. The van der Waals surface area contributed by atoms with E-state index in [1.165, 1.54) is 41.8 Å². The first-order valence-corrected chi connectivity index (χ1v) is 9.02. The van der Waals surface area contributed by atoms with Crippen LogP contribution in [-0.2, 0) is 0 Å². The molecule has 1 aromatic heterocycles. The topological polar surface area (TPSA) is 12.0 Å². The summed E-state index contributed by atoms with van der Waals surface area (Å²) in [4.78, 5) is 1.48. The molecule has 2 aromatic rings. The maximum Gasteiger partial charge on any atom is 0.0634 e. The van der Waals surface area contributed by atoms with E-state index in [0.717, 1.165) is 5.92 Å². The summed E-state index contributed by atoms with van der Waals surface area (Å²) < 4.78 is 0. The molecule has 0 aliphatic heterocycles. The minimum Gasteiger partial charge on any atom is -0.377 e. The molecule has 0 amide bonds. The number of rotatable bonds is 5. The molecule has 112 valence electrons. The van der Waals surface area contributed by atoms with Crippen LogP contribution >= 0.6 is 11.3 Å². The lowest BCUT2D eigenvalue weighted by Crippen LogP contribution is -2.17. The van der Waals surface area contributed by atoms with Crippen molar-refractivity contribution in [3.8, 4) is 0 Å². The van der Waals surface area contributed by atoms with Gasteiger partial charge < -0.3 is 5.32 Å². The molecular formula is C19H25NS. The largest absolute Gasteiger partial charge is 0.377 e. The van der Waals surface area contributed by atoms with E-state index in [-0.39, 0.29) is 0 Å². The van der Waals surface area contributed by atoms with Gasteiger partial charge in [-0.1, -0.05) is 44.9 Å². The highest BCUT2D eigenvalue weighted by Crippen LogP contribution is 2.39. The van der Waals surface area contributed by atoms with Crippen molar-refractivity contribution in [3.05, 3.63) is 52.2 Å². The standard InChI is InChI=1S/C19H25NS/c1-14(2)15-9-11-17(12-10-15)20-19(16-6-3-4-7-16)18-8-5-13-21-18/h5,8-14,16,19-20H,3-4,6-7H2,1-2H3. The number of hydrogen-bond acceptors (Lipinski definition) is 2. The van der Waals surface area contributed by atoms with Crippen LogP contribution in [-0.4, -0.2) is 0 Å². The third-order valence-corrected chi connectivity index (χ3v) is 5.58. The van der Waals surface area contributed by atoms with Gasteiger partial charge in [0.2, 0.25) is 0 Å². The summed E-state index contributed by atoms with van der Waals surface area (Å²) in [7, 11) is 0. The van der Waals surface area contributed by atoms with Gasteiger partial charge in [-0.05, 0) is 53.8 Å². The molecule has 1 N–H and O–H groups in total. The van der Waals surface area contributed by atoms with E-state index in [2.05, 4.69) is 60.9 Å². The summed E-state index contributed by atoms with van der Waals surface area (Å²) in [5.41, 5.74) is 2.67. The number of benzene rings is 1. The third kappa shape index (κ3) is 3.49. The van der Waals surface area contributed by atoms with Crippen molar-refractivity contribution in [2.24, 2.45) is 5.92 Å². The maximum atomic E-state index is 3.80. The fraction of sp³-hybridized carbons (Fsp3) is 0.474. The molecule has 1 atom stereocenters. The van der Waals surface area contributed by atoms with Crippen LogP contribution in [0.5, 0.6) is 0 Å². The SMILES string of the molecule is CC(C)c1ccc(NC(c2cccs2)C2CCCC2)cc1. The highest BCUT2D eigenvalue weighted by atomic mass is 32.1. The highest BCUT2D eigenvalue weighted by Gasteiger charge is 2.26.